The number of carboxylic acids is 1. The molecule has 0 aromatic carbocycles. The second kappa shape index (κ2) is 3.60. The number of hydrogen-bond donors (Lipinski definition) is 1. The highest BCUT2D eigenvalue weighted by atomic mass is 16.6. The van der Waals surface area contributed by atoms with Crippen LogP contribution < -0.4 is 0 Å². The third-order valence-corrected chi connectivity index (χ3v) is 5.46. The Morgan fingerprint density at radius 3 is 2.78 bits per heavy atom. The molecule has 100 valence electrons. The lowest BCUT2D eigenvalue weighted by atomic mass is 9.93. The molecule has 1 N–H and O–H groups in total. The van der Waals surface area contributed by atoms with Crippen LogP contribution in [0, 0.1) is 17.3 Å². The van der Waals surface area contributed by atoms with Gasteiger partial charge < -0.3 is 9.84 Å². The first-order valence-electron chi connectivity index (χ1n) is 6.96. The maximum Gasteiger partial charge on any atom is 0.331 e. The fourth-order valence-electron chi connectivity index (χ4n) is 3.75. The van der Waals surface area contributed by atoms with Crippen molar-refractivity contribution in [2.75, 3.05) is 0 Å². The minimum atomic E-state index is -0.751. The molecule has 1 saturated carbocycles. The Balaban J connectivity index is 1.84. The lowest BCUT2D eigenvalue weighted by molar-refractivity contribution is -0.132. The fraction of sp³-hybridized carbons (Fsp3) is 0.800. The summed E-state index contributed by atoms with van der Waals surface area (Å²) < 4.78 is 5.78. The highest BCUT2D eigenvalue weighted by Crippen LogP contribution is 2.63. The van der Waals surface area contributed by atoms with Gasteiger partial charge in [0, 0.05) is 5.57 Å². The van der Waals surface area contributed by atoms with Crippen LogP contribution in [-0.4, -0.2) is 22.8 Å². The van der Waals surface area contributed by atoms with Crippen LogP contribution in [0.5, 0.6) is 0 Å². The van der Waals surface area contributed by atoms with E-state index in [9.17, 15) is 9.90 Å². The number of aliphatic carboxylic acids is 1. The Hall–Kier alpha value is -0.830. The van der Waals surface area contributed by atoms with E-state index in [0.29, 0.717) is 23.8 Å². The van der Waals surface area contributed by atoms with Crippen molar-refractivity contribution >= 4 is 5.97 Å². The van der Waals surface area contributed by atoms with Gasteiger partial charge in [-0.05, 0) is 49.9 Å². The van der Waals surface area contributed by atoms with Gasteiger partial charge >= 0.3 is 5.97 Å². The Labute approximate surface area is 108 Å². The number of carbonyl (C=O) groups is 1. The Morgan fingerprint density at radius 2 is 2.11 bits per heavy atom. The van der Waals surface area contributed by atoms with Crippen molar-refractivity contribution in [3.63, 3.8) is 0 Å². The van der Waals surface area contributed by atoms with Crippen LogP contribution in [0.15, 0.2) is 11.6 Å². The van der Waals surface area contributed by atoms with E-state index in [-0.39, 0.29) is 17.1 Å². The van der Waals surface area contributed by atoms with Crippen LogP contribution in [0.1, 0.15) is 46.5 Å². The smallest absolute Gasteiger partial charge is 0.331 e. The van der Waals surface area contributed by atoms with E-state index in [1.54, 1.807) is 0 Å². The van der Waals surface area contributed by atoms with E-state index < -0.39 is 5.97 Å². The van der Waals surface area contributed by atoms with Gasteiger partial charge in [0.25, 0.3) is 0 Å². The van der Waals surface area contributed by atoms with Gasteiger partial charge in [0.1, 0.15) is 0 Å². The molecule has 0 amide bonds. The van der Waals surface area contributed by atoms with Crippen molar-refractivity contribution in [1.29, 1.82) is 0 Å². The number of rotatable bonds is 1. The predicted molar refractivity (Wildman–Crippen MR) is 68.2 cm³/mol. The van der Waals surface area contributed by atoms with E-state index >= 15 is 0 Å². The van der Waals surface area contributed by atoms with Gasteiger partial charge in [-0.3, -0.25) is 0 Å². The average Bonchev–Trinajstić information content (AvgIpc) is 3.07. The number of carboxylic acid groups (broad SMARTS) is 1. The molecule has 2 aliphatic carbocycles. The zero-order valence-corrected chi connectivity index (χ0v) is 11.4. The van der Waals surface area contributed by atoms with Crippen molar-refractivity contribution in [2.24, 2.45) is 17.3 Å². The molecule has 0 bridgehead atoms. The molecule has 0 radical (unpaired) electrons. The zero-order valence-electron chi connectivity index (χ0n) is 11.4. The first kappa shape index (κ1) is 12.2. The molecule has 1 aliphatic heterocycles. The largest absolute Gasteiger partial charge is 0.478 e. The topological polar surface area (TPSA) is 49.8 Å². The average molecular weight is 250 g/mol. The van der Waals surface area contributed by atoms with E-state index in [4.69, 9.17) is 4.74 Å². The Bertz CT molecular complexity index is 423. The Morgan fingerprint density at radius 1 is 1.39 bits per heavy atom. The van der Waals surface area contributed by atoms with Crippen LogP contribution >= 0.6 is 0 Å². The van der Waals surface area contributed by atoms with Crippen molar-refractivity contribution in [3.8, 4) is 0 Å². The van der Waals surface area contributed by atoms with Gasteiger partial charge in [-0.15, -0.1) is 0 Å². The molecular weight excluding hydrogens is 228 g/mol. The standard InChI is InChI=1S/C15H22O3/c1-14(2)10-6-7-15(3)12(18-15)5-4-9(13(16)17)8-11(10)14/h8,10-12H,4-7H2,1-3H3,(H,16,17). The molecule has 0 aromatic heterocycles. The first-order chi connectivity index (χ1) is 8.34. The van der Waals surface area contributed by atoms with Crippen LogP contribution in [0.25, 0.3) is 0 Å². The lowest BCUT2D eigenvalue weighted by Crippen LogP contribution is -2.12. The van der Waals surface area contributed by atoms with E-state index in [2.05, 4.69) is 20.8 Å². The summed E-state index contributed by atoms with van der Waals surface area (Å²) in [5.74, 6) is 0.327. The van der Waals surface area contributed by atoms with E-state index in [1.165, 1.54) is 0 Å². The third-order valence-electron chi connectivity index (χ3n) is 5.46. The lowest BCUT2D eigenvalue weighted by Gasteiger charge is -2.08. The van der Waals surface area contributed by atoms with Crippen molar-refractivity contribution in [2.45, 2.75) is 58.2 Å². The molecule has 1 saturated heterocycles. The number of ether oxygens (including phenoxy) is 1. The molecule has 4 unspecified atom stereocenters. The molecule has 3 heteroatoms. The number of epoxide rings is 1. The van der Waals surface area contributed by atoms with Gasteiger partial charge in [-0.2, -0.15) is 0 Å². The van der Waals surface area contributed by atoms with Gasteiger partial charge in [-0.1, -0.05) is 19.9 Å². The summed E-state index contributed by atoms with van der Waals surface area (Å²) in [7, 11) is 0. The number of hydrogen-bond acceptors (Lipinski definition) is 2. The second-order valence-electron chi connectivity index (χ2n) is 6.95. The molecule has 0 aromatic rings. The molecule has 3 rings (SSSR count). The van der Waals surface area contributed by atoms with Gasteiger partial charge in [0.2, 0.25) is 0 Å². The highest BCUT2D eigenvalue weighted by Gasteiger charge is 2.59. The summed E-state index contributed by atoms with van der Waals surface area (Å²) in [5.41, 5.74) is 0.894. The minimum absolute atomic E-state index is 0.0319. The molecule has 0 spiro atoms. The molecule has 4 atom stereocenters. The first-order valence-corrected chi connectivity index (χ1v) is 6.96. The van der Waals surface area contributed by atoms with Crippen molar-refractivity contribution in [3.05, 3.63) is 11.6 Å². The minimum Gasteiger partial charge on any atom is -0.478 e. The normalized spacial score (nSPS) is 45.3. The summed E-state index contributed by atoms with van der Waals surface area (Å²) in [6.07, 6.45) is 6.09. The quantitative estimate of drug-likeness (QED) is 0.728. The van der Waals surface area contributed by atoms with E-state index in [1.807, 2.05) is 6.08 Å². The molecule has 1 heterocycles. The Kier molecular flexibility index (Phi) is 2.44. The van der Waals surface area contributed by atoms with Gasteiger partial charge in [0.15, 0.2) is 0 Å². The van der Waals surface area contributed by atoms with Gasteiger partial charge in [-0.25, -0.2) is 4.79 Å². The maximum absolute atomic E-state index is 11.3. The maximum atomic E-state index is 11.3. The van der Waals surface area contributed by atoms with Gasteiger partial charge in [0.05, 0.1) is 11.7 Å². The summed E-state index contributed by atoms with van der Waals surface area (Å²) in [6, 6.07) is 0. The summed E-state index contributed by atoms with van der Waals surface area (Å²) in [5, 5.41) is 9.28. The van der Waals surface area contributed by atoms with Crippen molar-refractivity contribution in [1.82, 2.24) is 0 Å². The highest BCUT2D eigenvalue weighted by molar-refractivity contribution is 5.86. The van der Waals surface area contributed by atoms with Crippen molar-refractivity contribution < 1.29 is 14.6 Å². The SMILES string of the molecule is CC12CCC3C(C=C(C(=O)O)CCC1O2)C3(C)C. The second-order valence-corrected chi connectivity index (χ2v) is 6.95. The molecule has 3 aliphatic rings. The molecule has 18 heavy (non-hydrogen) atoms. The zero-order chi connectivity index (χ0) is 13.1. The molecule has 2 fully saturated rings. The summed E-state index contributed by atoms with van der Waals surface area (Å²) in [6.45, 7) is 6.68. The third kappa shape index (κ3) is 1.80. The van der Waals surface area contributed by atoms with E-state index in [0.717, 1.165) is 19.3 Å². The number of allylic oxidation sites excluding steroid dienone is 1. The summed E-state index contributed by atoms with van der Waals surface area (Å²) >= 11 is 0. The fourth-order valence-corrected chi connectivity index (χ4v) is 3.75. The number of fused-ring (bicyclic) bond motifs is 2. The van der Waals surface area contributed by atoms with Crippen LogP contribution in [0.2, 0.25) is 0 Å². The molecular formula is C15H22O3. The van der Waals surface area contributed by atoms with Crippen LogP contribution in [-0.2, 0) is 9.53 Å². The monoisotopic (exact) mass is 250 g/mol. The molecule has 3 nitrogen and oxygen atoms in total. The summed E-state index contributed by atoms with van der Waals surface area (Å²) in [4.78, 5) is 11.3. The van der Waals surface area contributed by atoms with Crippen LogP contribution in [0.3, 0.4) is 0 Å². The van der Waals surface area contributed by atoms with Crippen LogP contribution in [0.4, 0.5) is 0 Å². The predicted octanol–water partition coefficient (Wildman–Crippen LogP) is 3.00.